The van der Waals surface area contributed by atoms with Crippen LogP contribution in [0.25, 0.3) is 5.69 Å². The average Bonchev–Trinajstić information content (AvgIpc) is 3.28. The summed E-state index contributed by atoms with van der Waals surface area (Å²) in [6.07, 6.45) is 0.892. The summed E-state index contributed by atoms with van der Waals surface area (Å²) < 4.78 is 3.61. The zero-order valence-corrected chi connectivity index (χ0v) is 16.7. The molecule has 0 saturated carbocycles. The molecule has 0 unspecified atom stereocenters. The van der Waals surface area contributed by atoms with Gasteiger partial charge in [-0.05, 0) is 49.6 Å². The quantitative estimate of drug-likeness (QED) is 0.725. The van der Waals surface area contributed by atoms with Crippen molar-refractivity contribution in [3.63, 3.8) is 0 Å². The topological polar surface area (TPSA) is 67.5 Å². The molecule has 1 aromatic heterocycles. The molecule has 6 heteroatoms. The zero-order chi connectivity index (χ0) is 20.5. The van der Waals surface area contributed by atoms with E-state index in [-0.39, 0.29) is 11.5 Å². The van der Waals surface area contributed by atoms with E-state index in [4.69, 9.17) is 0 Å². The largest absolute Gasteiger partial charge is 0.478 e. The van der Waals surface area contributed by atoms with E-state index in [0.717, 1.165) is 42.0 Å². The van der Waals surface area contributed by atoms with Crippen LogP contribution in [-0.2, 0) is 13.6 Å². The minimum atomic E-state index is -0.885. The summed E-state index contributed by atoms with van der Waals surface area (Å²) in [7, 11) is 1.91. The van der Waals surface area contributed by atoms with Crippen LogP contribution in [0.3, 0.4) is 0 Å². The van der Waals surface area contributed by atoms with Crippen LogP contribution in [0.4, 0.5) is 0 Å². The van der Waals surface area contributed by atoms with Crippen molar-refractivity contribution in [1.29, 1.82) is 0 Å². The van der Waals surface area contributed by atoms with Gasteiger partial charge >= 0.3 is 5.97 Å². The molecule has 0 radical (unpaired) electrons. The Hall–Kier alpha value is -3.12. The van der Waals surface area contributed by atoms with Crippen molar-refractivity contribution in [2.24, 2.45) is 7.05 Å². The highest BCUT2D eigenvalue weighted by Crippen LogP contribution is 2.30. The highest BCUT2D eigenvalue weighted by atomic mass is 16.4. The monoisotopic (exact) mass is 391 g/mol. The van der Waals surface area contributed by atoms with E-state index in [1.54, 1.807) is 16.8 Å². The number of carboxylic acid groups (broad SMARTS) is 1. The highest BCUT2D eigenvalue weighted by molar-refractivity contribution is 5.89. The van der Waals surface area contributed by atoms with Gasteiger partial charge in [0.2, 0.25) is 0 Å². The number of hydrogen-bond acceptors (Lipinski definition) is 3. The summed E-state index contributed by atoms with van der Waals surface area (Å²) in [4.78, 5) is 26.9. The molecule has 0 aliphatic carbocycles. The van der Waals surface area contributed by atoms with Gasteiger partial charge in [-0.25, -0.2) is 9.48 Å². The molecule has 6 nitrogen and oxygen atoms in total. The fourth-order valence-corrected chi connectivity index (χ4v) is 4.31. The molecule has 1 N–H and O–H groups in total. The summed E-state index contributed by atoms with van der Waals surface area (Å²) in [5.41, 5.74) is 3.86. The van der Waals surface area contributed by atoms with Crippen molar-refractivity contribution >= 4 is 5.97 Å². The van der Waals surface area contributed by atoms with Crippen LogP contribution in [0.5, 0.6) is 0 Å². The number of likely N-dealkylation sites (tertiary alicyclic amines) is 1. The molecule has 4 rings (SSSR count). The third kappa shape index (κ3) is 3.51. The van der Waals surface area contributed by atoms with E-state index < -0.39 is 5.97 Å². The van der Waals surface area contributed by atoms with Crippen molar-refractivity contribution in [2.45, 2.75) is 25.8 Å². The number of para-hydroxylation sites is 1. The number of hydrogen-bond donors (Lipinski definition) is 1. The first-order chi connectivity index (χ1) is 14.0. The van der Waals surface area contributed by atoms with Crippen LogP contribution in [0.15, 0.2) is 59.4 Å². The maximum Gasteiger partial charge on any atom is 0.335 e. The first-order valence-corrected chi connectivity index (χ1v) is 9.85. The normalized spacial score (nSPS) is 17.0. The summed E-state index contributed by atoms with van der Waals surface area (Å²) in [5, 5.41) is 9.48. The van der Waals surface area contributed by atoms with Crippen molar-refractivity contribution in [1.82, 2.24) is 14.3 Å². The predicted octanol–water partition coefficient (Wildman–Crippen LogP) is 3.17. The van der Waals surface area contributed by atoms with Gasteiger partial charge in [0, 0.05) is 25.8 Å². The van der Waals surface area contributed by atoms with E-state index in [9.17, 15) is 14.7 Å². The maximum atomic E-state index is 13.1. The Morgan fingerprint density at radius 1 is 1.10 bits per heavy atom. The van der Waals surface area contributed by atoms with E-state index in [1.165, 1.54) is 0 Å². The van der Waals surface area contributed by atoms with Crippen LogP contribution >= 0.6 is 0 Å². The van der Waals surface area contributed by atoms with Gasteiger partial charge < -0.3 is 5.11 Å². The summed E-state index contributed by atoms with van der Waals surface area (Å²) >= 11 is 0. The van der Waals surface area contributed by atoms with Gasteiger partial charge in [-0.1, -0.05) is 36.4 Å². The molecule has 0 bridgehead atoms. The van der Waals surface area contributed by atoms with Crippen molar-refractivity contribution in [2.75, 3.05) is 13.1 Å². The number of aromatic nitrogens is 2. The molecule has 1 atom stereocenters. The molecule has 0 amide bonds. The third-order valence-electron chi connectivity index (χ3n) is 5.96. The lowest BCUT2D eigenvalue weighted by molar-refractivity contribution is 0.0695. The Morgan fingerprint density at radius 2 is 1.79 bits per heavy atom. The first-order valence-electron chi connectivity index (χ1n) is 9.85. The van der Waals surface area contributed by atoms with Crippen LogP contribution < -0.4 is 5.56 Å². The zero-order valence-electron chi connectivity index (χ0n) is 16.7. The number of benzene rings is 2. The van der Waals surface area contributed by atoms with E-state index in [0.29, 0.717) is 12.1 Å². The Morgan fingerprint density at radius 3 is 2.52 bits per heavy atom. The molecule has 1 saturated heterocycles. The highest BCUT2D eigenvalue weighted by Gasteiger charge is 2.28. The Labute approximate surface area is 169 Å². The third-order valence-corrected chi connectivity index (χ3v) is 5.96. The Balaban J connectivity index is 1.58. The van der Waals surface area contributed by atoms with E-state index in [2.05, 4.69) is 4.90 Å². The Kier molecular flexibility index (Phi) is 5.11. The minimum absolute atomic E-state index is 0.00517. The smallest absolute Gasteiger partial charge is 0.335 e. The summed E-state index contributed by atoms with van der Waals surface area (Å²) in [6, 6.07) is 16.9. The molecule has 1 aliphatic rings. The number of rotatable bonds is 5. The van der Waals surface area contributed by atoms with Gasteiger partial charge in [0.1, 0.15) is 0 Å². The first kappa shape index (κ1) is 19.2. The second kappa shape index (κ2) is 7.72. The molecule has 2 aromatic carbocycles. The van der Waals surface area contributed by atoms with Crippen LogP contribution in [0, 0.1) is 6.92 Å². The van der Waals surface area contributed by atoms with Crippen LogP contribution in [-0.4, -0.2) is 38.4 Å². The second-order valence-corrected chi connectivity index (χ2v) is 7.65. The fourth-order valence-electron chi connectivity index (χ4n) is 4.31. The van der Waals surface area contributed by atoms with Gasteiger partial charge in [-0.15, -0.1) is 0 Å². The van der Waals surface area contributed by atoms with Gasteiger partial charge in [0.15, 0.2) is 0 Å². The maximum absolute atomic E-state index is 13.1. The Bertz CT molecular complexity index is 1100. The molecule has 1 fully saturated rings. The molecule has 150 valence electrons. The molecule has 0 spiro atoms. The minimum Gasteiger partial charge on any atom is -0.478 e. The van der Waals surface area contributed by atoms with Gasteiger partial charge in [-0.2, -0.15) is 0 Å². The molecular formula is C23H25N3O3. The number of carboxylic acids is 1. The predicted molar refractivity (Wildman–Crippen MR) is 112 cm³/mol. The SMILES string of the molecule is Cc1c(CN2CC[C@@H](c3ccccc3C(=O)O)C2)c(=O)n(-c2ccccc2)n1C. The summed E-state index contributed by atoms with van der Waals surface area (Å²) in [5.74, 6) is -0.716. The van der Waals surface area contributed by atoms with Gasteiger partial charge in [-0.3, -0.25) is 14.4 Å². The molecular weight excluding hydrogens is 366 g/mol. The number of nitrogens with zero attached hydrogens (tertiary/aromatic N) is 3. The van der Waals surface area contributed by atoms with Gasteiger partial charge in [0.25, 0.3) is 5.56 Å². The molecule has 3 aromatic rings. The molecule has 1 aliphatic heterocycles. The lowest BCUT2D eigenvalue weighted by atomic mass is 9.93. The second-order valence-electron chi connectivity index (χ2n) is 7.65. The lowest BCUT2D eigenvalue weighted by Gasteiger charge is -2.16. The molecule has 29 heavy (non-hydrogen) atoms. The van der Waals surface area contributed by atoms with Crippen LogP contribution in [0.2, 0.25) is 0 Å². The average molecular weight is 391 g/mol. The van der Waals surface area contributed by atoms with Crippen molar-refractivity contribution < 1.29 is 9.90 Å². The van der Waals surface area contributed by atoms with Gasteiger partial charge in [0.05, 0.1) is 16.8 Å². The summed E-state index contributed by atoms with van der Waals surface area (Å²) in [6.45, 7) is 4.15. The number of aromatic carboxylic acids is 1. The standard InChI is InChI=1S/C23H25N3O3/c1-16-21(22(27)26(24(16)2)18-8-4-3-5-9-18)15-25-13-12-17(14-25)19-10-6-7-11-20(19)23(28)29/h3-11,17H,12-15H2,1-2H3,(H,28,29)/t17-/m1/s1. The van der Waals surface area contributed by atoms with Crippen molar-refractivity contribution in [3.05, 3.63) is 87.3 Å². The van der Waals surface area contributed by atoms with E-state index in [1.807, 2.05) is 61.1 Å². The fraction of sp³-hybridized carbons (Fsp3) is 0.304. The van der Waals surface area contributed by atoms with E-state index >= 15 is 0 Å². The number of carbonyl (C=O) groups is 1. The van der Waals surface area contributed by atoms with Crippen molar-refractivity contribution in [3.8, 4) is 5.69 Å². The van der Waals surface area contributed by atoms with Crippen LogP contribution in [0.1, 0.15) is 39.5 Å². The lowest BCUT2D eigenvalue weighted by Crippen LogP contribution is -2.26. The molecule has 2 heterocycles.